The molecule has 36 heavy (non-hydrogen) atoms. The predicted molar refractivity (Wildman–Crippen MR) is 133 cm³/mol. The van der Waals surface area contributed by atoms with Gasteiger partial charge in [0.15, 0.2) is 5.06 Å². The van der Waals surface area contributed by atoms with Crippen LogP contribution in [0.25, 0.3) is 5.57 Å². The molecule has 2 aliphatic rings. The van der Waals surface area contributed by atoms with Crippen molar-refractivity contribution in [2.45, 2.75) is 31.2 Å². The van der Waals surface area contributed by atoms with Gasteiger partial charge in [-0.25, -0.2) is 13.2 Å². The van der Waals surface area contributed by atoms with Gasteiger partial charge >= 0.3 is 12.4 Å². The average molecular weight is 564 g/mol. The molecular formula is C23H22Cl2F3N3O4S. The van der Waals surface area contributed by atoms with E-state index in [4.69, 9.17) is 23.2 Å². The zero-order valence-electron chi connectivity index (χ0n) is 18.9. The largest absolute Gasteiger partial charge is 0.524 e. The van der Waals surface area contributed by atoms with Crippen LogP contribution in [0.5, 0.6) is 0 Å². The van der Waals surface area contributed by atoms with Gasteiger partial charge in [-0.15, -0.1) is 13.2 Å². The van der Waals surface area contributed by atoms with Crippen LogP contribution in [-0.4, -0.2) is 43.9 Å². The highest BCUT2D eigenvalue weighted by Crippen LogP contribution is 2.48. The van der Waals surface area contributed by atoms with Gasteiger partial charge in [0.2, 0.25) is 0 Å². The molecule has 1 aromatic rings. The van der Waals surface area contributed by atoms with Crippen LogP contribution in [0, 0.1) is 0 Å². The molecule has 0 radical (unpaired) electrons. The number of ether oxygens (including phenoxy) is 1. The fourth-order valence-corrected chi connectivity index (χ4v) is 4.99. The summed E-state index contributed by atoms with van der Waals surface area (Å²) in [5.74, 6) is -0.109. The molecule has 0 heterocycles. The molecule has 1 unspecified atom stereocenters. The molecule has 2 N–H and O–H groups in total. The summed E-state index contributed by atoms with van der Waals surface area (Å²) in [6.45, 7) is 1.57. The number of nitrogens with one attached hydrogen (secondary N) is 2. The number of allylic oxidation sites excluding steroid dienone is 4. The SMILES string of the molecule is CCS(=O)(=O)N=C1C=CC(CNC(=O)NC2=CC(Cl)=C(c3ccccc3)C(Cl)(OC(F)(F)F)C2)=CC1. The third kappa shape index (κ3) is 7.70. The molecular weight excluding hydrogens is 542 g/mol. The first kappa shape index (κ1) is 28.0. The summed E-state index contributed by atoms with van der Waals surface area (Å²) in [6.07, 6.45) is 0.861. The first-order valence-electron chi connectivity index (χ1n) is 10.7. The van der Waals surface area contributed by atoms with Crippen LogP contribution in [0.1, 0.15) is 25.3 Å². The van der Waals surface area contributed by atoms with E-state index in [9.17, 15) is 26.4 Å². The molecule has 1 aromatic carbocycles. The van der Waals surface area contributed by atoms with Crippen LogP contribution < -0.4 is 10.6 Å². The highest BCUT2D eigenvalue weighted by Gasteiger charge is 2.48. The van der Waals surface area contributed by atoms with Crippen LogP contribution in [-0.2, 0) is 14.8 Å². The molecule has 13 heteroatoms. The number of hydrogen-bond donors (Lipinski definition) is 2. The summed E-state index contributed by atoms with van der Waals surface area (Å²) >= 11 is 12.6. The number of carbonyl (C=O) groups is 1. The van der Waals surface area contributed by atoms with Crippen LogP contribution in [0.3, 0.4) is 0 Å². The fraction of sp³-hybridized carbons (Fsp3) is 0.304. The number of rotatable bonds is 7. The fourth-order valence-electron chi connectivity index (χ4n) is 3.49. The number of urea groups is 1. The molecule has 0 spiro atoms. The molecule has 1 atom stereocenters. The molecule has 0 aromatic heterocycles. The molecule has 0 saturated carbocycles. The Morgan fingerprint density at radius 1 is 1.22 bits per heavy atom. The summed E-state index contributed by atoms with van der Waals surface area (Å²) < 4.78 is 70.8. The van der Waals surface area contributed by atoms with Gasteiger partial charge in [-0.1, -0.05) is 65.7 Å². The number of halogens is 5. The number of benzene rings is 1. The zero-order chi connectivity index (χ0) is 26.6. The average Bonchev–Trinajstić information content (AvgIpc) is 2.77. The maximum atomic E-state index is 13.2. The molecule has 3 rings (SSSR count). The Labute approximate surface area is 216 Å². The minimum Gasteiger partial charge on any atom is -0.334 e. The summed E-state index contributed by atoms with van der Waals surface area (Å²) in [6, 6.07) is 7.32. The van der Waals surface area contributed by atoms with Crippen molar-refractivity contribution in [3.05, 3.63) is 76.5 Å². The Morgan fingerprint density at radius 3 is 2.50 bits per heavy atom. The summed E-state index contributed by atoms with van der Waals surface area (Å²) in [5, 5.41) is 2.51. The Kier molecular flexibility index (Phi) is 8.71. The lowest BCUT2D eigenvalue weighted by atomic mass is 9.92. The molecule has 7 nitrogen and oxygen atoms in total. The molecule has 194 valence electrons. The normalized spacial score (nSPS) is 21.8. The van der Waals surface area contributed by atoms with E-state index in [2.05, 4.69) is 19.8 Å². The molecule has 0 aliphatic heterocycles. The monoisotopic (exact) mass is 563 g/mol. The lowest BCUT2D eigenvalue weighted by Gasteiger charge is -2.35. The number of amides is 2. The molecule has 0 saturated heterocycles. The highest BCUT2D eigenvalue weighted by molar-refractivity contribution is 7.90. The van der Waals surface area contributed by atoms with E-state index >= 15 is 0 Å². The second-order valence-corrected chi connectivity index (χ2v) is 10.7. The first-order chi connectivity index (χ1) is 16.8. The summed E-state index contributed by atoms with van der Waals surface area (Å²) in [7, 11) is -3.51. The van der Waals surface area contributed by atoms with E-state index in [1.807, 2.05) is 0 Å². The van der Waals surface area contributed by atoms with Gasteiger partial charge in [0.05, 0.1) is 16.5 Å². The van der Waals surface area contributed by atoms with Gasteiger partial charge in [0, 0.05) is 30.7 Å². The molecule has 2 aliphatic carbocycles. The van der Waals surface area contributed by atoms with Gasteiger partial charge in [0.25, 0.3) is 10.0 Å². The number of nitrogens with zero attached hydrogens (tertiary/aromatic N) is 1. The third-order valence-electron chi connectivity index (χ3n) is 5.08. The van der Waals surface area contributed by atoms with E-state index in [0.717, 1.165) is 0 Å². The van der Waals surface area contributed by atoms with Gasteiger partial charge < -0.3 is 10.6 Å². The number of carbonyl (C=O) groups excluding carboxylic acids is 1. The maximum Gasteiger partial charge on any atom is 0.524 e. The molecule has 2 amide bonds. The van der Waals surface area contributed by atoms with E-state index in [1.165, 1.54) is 19.1 Å². The van der Waals surface area contributed by atoms with Crippen molar-refractivity contribution < 1.29 is 31.1 Å². The number of hydrogen-bond acceptors (Lipinski definition) is 4. The van der Waals surface area contributed by atoms with E-state index in [1.54, 1.807) is 42.5 Å². The standard InChI is InChI=1S/C23H22Cl2F3N3O4S/c1-2-36(33,34)31-17-10-8-15(9-11-17)14-29-21(32)30-18-12-19(24)20(16-6-4-3-5-7-16)22(25,13-18)35-23(26,27)28/h3-10,12H,2,11,13-14H2,1H3,(H2,29,30,32). The van der Waals surface area contributed by atoms with Crippen LogP contribution in [0.4, 0.5) is 18.0 Å². The van der Waals surface area contributed by atoms with Gasteiger partial charge in [-0.2, -0.15) is 4.40 Å². The molecule has 0 fully saturated rings. The quantitative estimate of drug-likeness (QED) is 0.436. The second-order valence-electron chi connectivity index (χ2n) is 7.79. The van der Waals surface area contributed by atoms with Crippen molar-refractivity contribution in [2.75, 3.05) is 12.3 Å². The first-order valence-corrected chi connectivity index (χ1v) is 13.0. The van der Waals surface area contributed by atoms with E-state index in [0.29, 0.717) is 16.8 Å². The topological polar surface area (TPSA) is 96.9 Å². The number of alkyl halides is 4. The van der Waals surface area contributed by atoms with E-state index in [-0.39, 0.29) is 35.0 Å². The Hall–Kier alpha value is -2.60. The summed E-state index contributed by atoms with van der Waals surface area (Å²) in [4.78, 5) is 12.4. The van der Waals surface area contributed by atoms with Gasteiger partial charge in [-0.3, -0.25) is 4.74 Å². The zero-order valence-corrected chi connectivity index (χ0v) is 21.2. The third-order valence-corrected chi connectivity index (χ3v) is 7.02. The highest BCUT2D eigenvalue weighted by atomic mass is 35.5. The Morgan fingerprint density at radius 2 is 1.92 bits per heavy atom. The van der Waals surface area contributed by atoms with Crippen molar-refractivity contribution in [2.24, 2.45) is 4.40 Å². The summed E-state index contributed by atoms with van der Waals surface area (Å²) in [5.41, 5.74) is 1.34. The van der Waals surface area contributed by atoms with Crippen LogP contribution in [0.2, 0.25) is 0 Å². The van der Waals surface area contributed by atoms with Crippen LogP contribution >= 0.6 is 23.2 Å². The lowest BCUT2D eigenvalue weighted by molar-refractivity contribution is -0.342. The lowest BCUT2D eigenvalue weighted by Crippen LogP contribution is -2.42. The number of sulfonamides is 1. The van der Waals surface area contributed by atoms with Crippen molar-refractivity contribution >= 4 is 50.5 Å². The van der Waals surface area contributed by atoms with Crippen molar-refractivity contribution in [3.8, 4) is 0 Å². The van der Waals surface area contributed by atoms with Gasteiger partial charge in [0.1, 0.15) is 0 Å². The second kappa shape index (κ2) is 11.2. The Balaban J connectivity index is 1.70. The minimum absolute atomic E-state index is 0.0174. The van der Waals surface area contributed by atoms with Crippen molar-refractivity contribution in [3.63, 3.8) is 0 Å². The predicted octanol–water partition coefficient (Wildman–Crippen LogP) is 5.37. The van der Waals surface area contributed by atoms with Crippen LogP contribution in [0.15, 0.2) is 75.3 Å². The Bertz CT molecular complexity index is 1270. The smallest absolute Gasteiger partial charge is 0.334 e. The van der Waals surface area contributed by atoms with Crippen molar-refractivity contribution in [1.82, 2.24) is 10.6 Å². The maximum absolute atomic E-state index is 13.2. The molecule has 0 bridgehead atoms. The van der Waals surface area contributed by atoms with E-state index < -0.39 is 33.9 Å². The van der Waals surface area contributed by atoms with Crippen molar-refractivity contribution in [1.29, 1.82) is 0 Å². The van der Waals surface area contributed by atoms with Gasteiger partial charge in [-0.05, 0) is 30.2 Å². The minimum atomic E-state index is -5.07.